The number of rotatable bonds is 2. The normalized spacial score (nSPS) is 13.1. The van der Waals surface area contributed by atoms with Crippen molar-refractivity contribution in [3.8, 4) is 0 Å². The molecule has 2 nitrogen and oxygen atoms in total. The van der Waals surface area contributed by atoms with Crippen LogP contribution in [0, 0.1) is 0 Å². The lowest BCUT2D eigenvalue weighted by Crippen LogP contribution is -2.18. The van der Waals surface area contributed by atoms with Crippen LogP contribution in [0.5, 0.6) is 0 Å². The Bertz CT molecular complexity index is 857. The first-order valence-corrected chi connectivity index (χ1v) is 6.30. The summed E-state index contributed by atoms with van der Waals surface area (Å²) in [7, 11) is 3.92. The Morgan fingerprint density at radius 3 is 2.37 bits per heavy atom. The van der Waals surface area contributed by atoms with Gasteiger partial charge in [-0.2, -0.15) is 0 Å². The van der Waals surface area contributed by atoms with Gasteiger partial charge in [0.2, 0.25) is 0 Å². The van der Waals surface area contributed by atoms with Gasteiger partial charge in [0.1, 0.15) is 0 Å². The third-order valence-electron chi connectivity index (χ3n) is 3.33. The molecule has 0 N–H and O–H groups in total. The highest BCUT2D eigenvalue weighted by Crippen LogP contribution is 2.22. The number of nitrogens with zero attached hydrogens (tertiary/aromatic N) is 1. The van der Waals surface area contributed by atoms with Crippen LogP contribution in [0.4, 0.5) is 0 Å². The molecule has 0 unspecified atom stereocenters. The molecule has 0 bridgehead atoms. The number of benzene rings is 2. The maximum Gasteiger partial charge on any atom is 0.194 e. The van der Waals surface area contributed by atoms with Crippen LogP contribution in [0.25, 0.3) is 27.6 Å². The lowest BCUT2D eigenvalue weighted by molar-refractivity contribution is 0.564. The second-order valence-corrected chi connectivity index (χ2v) is 4.92. The maximum atomic E-state index is 12.4. The SMILES string of the molecule is CN(C)C=CC=c1c(=O)c2cccc3cccc1c32. The molecule has 0 radical (unpaired) electrons. The average Bonchev–Trinajstić information content (AvgIpc) is 2.67. The first-order valence-electron chi connectivity index (χ1n) is 6.30. The first kappa shape index (κ1) is 11.7. The third kappa shape index (κ3) is 1.85. The highest BCUT2D eigenvalue weighted by atomic mass is 16.1. The van der Waals surface area contributed by atoms with E-state index < -0.39 is 0 Å². The van der Waals surface area contributed by atoms with Crippen LogP contribution in [-0.4, -0.2) is 19.0 Å². The summed E-state index contributed by atoms with van der Waals surface area (Å²) in [6, 6.07) is 12.0. The van der Waals surface area contributed by atoms with Gasteiger partial charge in [-0.05, 0) is 29.1 Å². The zero-order valence-electron chi connectivity index (χ0n) is 11.1. The minimum Gasteiger partial charge on any atom is -0.383 e. The fourth-order valence-corrected chi connectivity index (χ4v) is 2.50. The summed E-state index contributed by atoms with van der Waals surface area (Å²) in [5.41, 5.74) is 0.121. The van der Waals surface area contributed by atoms with Crippen LogP contribution in [0.1, 0.15) is 0 Å². The minimum atomic E-state index is 0.121. The third-order valence-corrected chi connectivity index (χ3v) is 3.33. The molecule has 3 rings (SSSR count). The monoisotopic (exact) mass is 249 g/mol. The molecule has 0 atom stereocenters. The van der Waals surface area contributed by atoms with Crippen LogP contribution >= 0.6 is 0 Å². The van der Waals surface area contributed by atoms with Crippen molar-refractivity contribution in [2.24, 2.45) is 0 Å². The molecule has 0 saturated heterocycles. The summed E-state index contributed by atoms with van der Waals surface area (Å²) in [5, 5.41) is 4.85. The maximum absolute atomic E-state index is 12.4. The quantitative estimate of drug-likeness (QED) is 0.695. The van der Waals surface area contributed by atoms with Gasteiger partial charge in [-0.15, -0.1) is 0 Å². The second kappa shape index (κ2) is 4.39. The highest BCUT2D eigenvalue weighted by Gasteiger charge is 2.09. The molecule has 0 spiro atoms. The fraction of sp³-hybridized carbons (Fsp3) is 0.118. The van der Waals surface area contributed by atoms with Crippen molar-refractivity contribution in [1.29, 1.82) is 0 Å². The lowest BCUT2D eigenvalue weighted by Gasteiger charge is -2.00. The zero-order valence-corrected chi connectivity index (χ0v) is 11.1. The molecule has 0 amide bonds. The van der Waals surface area contributed by atoms with Crippen LogP contribution in [-0.2, 0) is 0 Å². The Kier molecular flexibility index (Phi) is 2.71. The van der Waals surface area contributed by atoms with Gasteiger partial charge in [0.25, 0.3) is 0 Å². The average molecular weight is 249 g/mol. The fourth-order valence-electron chi connectivity index (χ4n) is 2.50. The number of hydrogen-bond donors (Lipinski definition) is 0. The molecule has 0 aliphatic rings. The Hall–Kier alpha value is -2.35. The Balaban J connectivity index is 2.40. The highest BCUT2D eigenvalue weighted by molar-refractivity contribution is 6.11. The van der Waals surface area contributed by atoms with E-state index >= 15 is 0 Å². The van der Waals surface area contributed by atoms with Crippen molar-refractivity contribution < 1.29 is 0 Å². The molecule has 94 valence electrons. The molecule has 0 aromatic heterocycles. The van der Waals surface area contributed by atoms with Crippen molar-refractivity contribution >= 4 is 27.6 Å². The van der Waals surface area contributed by atoms with Gasteiger partial charge in [0.05, 0.1) is 0 Å². The Morgan fingerprint density at radius 1 is 1.00 bits per heavy atom. The predicted molar refractivity (Wildman–Crippen MR) is 81.4 cm³/mol. The molecule has 3 aromatic rings. The molecule has 0 aliphatic heterocycles. The van der Waals surface area contributed by atoms with Crippen molar-refractivity contribution in [2.45, 2.75) is 0 Å². The van der Waals surface area contributed by atoms with E-state index in [4.69, 9.17) is 0 Å². The first-order chi connectivity index (χ1) is 9.18. The van der Waals surface area contributed by atoms with Gasteiger partial charge in [-0.25, -0.2) is 0 Å². The van der Waals surface area contributed by atoms with E-state index in [1.165, 1.54) is 0 Å². The van der Waals surface area contributed by atoms with Crippen LogP contribution in [0.2, 0.25) is 0 Å². The van der Waals surface area contributed by atoms with Crippen LogP contribution in [0.15, 0.2) is 53.5 Å². The van der Waals surface area contributed by atoms with Crippen molar-refractivity contribution in [3.63, 3.8) is 0 Å². The van der Waals surface area contributed by atoms with E-state index in [9.17, 15) is 4.79 Å². The predicted octanol–water partition coefficient (Wildman–Crippen LogP) is 2.37. The van der Waals surface area contributed by atoms with E-state index in [-0.39, 0.29) is 5.43 Å². The molecule has 0 heterocycles. The summed E-state index contributed by atoms with van der Waals surface area (Å²) in [4.78, 5) is 14.4. The van der Waals surface area contributed by atoms with E-state index in [0.29, 0.717) is 0 Å². The van der Waals surface area contributed by atoms with E-state index in [2.05, 4.69) is 0 Å². The van der Waals surface area contributed by atoms with Crippen molar-refractivity contribution in [3.05, 3.63) is 64.1 Å². The molecule has 19 heavy (non-hydrogen) atoms. The topological polar surface area (TPSA) is 20.3 Å². The zero-order chi connectivity index (χ0) is 13.4. The van der Waals surface area contributed by atoms with Gasteiger partial charge in [-0.1, -0.05) is 36.4 Å². The molecular weight excluding hydrogens is 234 g/mol. The van der Waals surface area contributed by atoms with Crippen molar-refractivity contribution in [2.75, 3.05) is 14.1 Å². The standard InChI is InChI=1S/C17H15NO/c1-18(2)11-5-10-14-13-8-3-6-12-7-4-9-15(16(12)13)17(14)19/h3-11H,1-2H3. The Morgan fingerprint density at radius 2 is 1.68 bits per heavy atom. The van der Waals surface area contributed by atoms with E-state index in [0.717, 1.165) is 26.8 Å². The minimum absolute atomic E-state index is 0.121. The molecule has 0 saturated carbocycles. The number of allylic oxidation sites excluding steroid dienone is 1. The van der Waals surface area contributed by atoms with Gasteiger partial charge >= 0.3 is 0 Å². The second-order valence-electron chi connectivity index (χ2n) is 4.92. The van der Waals surface area contributed by atoms with Crippen molar-refractivity contribution in [1.82, 2.24) is 4.90 Å². The van der Waals surface area contributed by atoms with Gasteiger partial charge in [0.15, 0.2) is 5.43 Å². The van der Waals surface area contributed by atoms with Crippen LogP contribution < -0.4 is 10.6 Å². The van der Waals surface area contributed by atoms with E-state index in [1.807, 2.05) is 73.7 Å². The lowest BCUT2D eigenvalue weighted by atomic mass is 10.1. The number of hydrogen-bond acceptors (Lipinski definition) is 2. The smallest absolute Gasteiger partial charge is 0.194 e. The summed E-state index contributed by atoms with van der Waals surface area (Å²) in [6.45, 7) is 0. The van der Waals surface area contributed by atoms with E-state index in [1.54, 1.807) is 0 Å². The molecule has 3 aromatic carbocycles. The largest absolute Gasteiger partial charge is 0.383 e. The van der Waals surface area contributed by atoms with Gasteiger partial charge < -0.3 is 4.90 Å². The summed E-state index contributed by atoms with van der Waals surface area (Å²) in [6.07, 6.45) is 5.75. The molecule has 0 aliphatic carbocycles. The molecular formula is C17H15NO. The summed E-state index contributed by atoms with van der Waals surface area (Å²) in [5.74, 6) is 0. The summed E-state index contributed by atoms with van der Waals surface area (Å²) < 4.78 is 0. The van der Waals surface area contributed by atoms with Crippen LogP contribution in [0.3, 0.4) is 0 Å². The molecule has 0 fully saturated rings. The van der Waals surface area contributed by atoms with Gasteiger partial charge in [0, 0.05) is 30.1 Å². The molecule has 2 heteroatoms. The Labute approximate surface area is 111 Å². The van der Waals surface area contributed by atoms with Gasteiger partial charge in [-0.3, -0.25) is 4.79 Å². The summed E-state index contributed by atoms with van der Waals surface area (Å²) >= 11 is 0.